The van der Waals surface area contributed by atoms with Crippen LogP contribution < -0.4 is 5.73 Å². The Bertz CT molecular complexity index is 185. The highest BCUT2D eigenvalue weighted by Gasteiger charge is 2.46. The molecule has 3 heteroatoms. The quantitative estimate of drug-likeness (QED) is 0.652. The summed E-state index contributed by atoms with van der Waals surface area (Å²) in [6.45, 7) is 4.57. The molecule has 3 saturated heterocycles. The summed E-state index contributed by atoms with van der Waals surface area (Å²) in [5.41, 5.74) is 6.23. The SMILES string of the molecule is CN(C)C1(CN)CN2CCC1CC2. The minimum atomic E-state index is 0.274. The third-order valence-electron chi connectivity index (χ3n) is 4.09. The molecule has 3 aliphatic heterocycles. The van der Waals surface area contributed by atoms with Gasteiger partial charge in [0.15, 0.2) is 0 Å². The van der Waals surface area contributed by atoms with Gasteiger partial charge in [0.05, 0.1) is 0 Å². The van der Waals surface area contributed by atoms with Crippen molar-refractivity contribution in [3.63, 3.8) is 0 Å². The molecule has 3 heterocycles. The van der Waals surface area contributed by atoms with Crippen LogP contribution in [0.4, 0.5) is 0 Å². The largest absolute Gasteiger partial charge is 0.329 e. The Morgan fingerprint density at radius 3 is 2.23 bits per heavy atom. The van der Waals surface area contributed by atoms with E-state index >= 15 is 0 Å². The molecule has 2 N–H and O–H groups in total. The molecule has 1 atom stereocenters. The van der Waals surface area contributed by atoms with Crippen molar-refractivity contribution in [3.05, 3.63) is 0 Å². The number of rotatable bonds is 2. The first-order valence-electron chi connectivity index (χ1n) is 5.29. The maximum atomic E-state index is 5.96. The van der Waals surface area contributed by atoms with Crippen molar-refractivity contribution in [2.24, 2.45) is 11.7 Å². The smallest absolute Gasteiger partial charge is 0.0482 e. The molecule has 0 aromatic rings. The van der Waals surface area contributed by atoms with Crippen LogP contribution in [0.5, 0.6) is 0 Å². The van der Waals surface area contributed by atoms with E-state index in [9.17, 15) is 0 Å². The summed E-state index contributed by atoms with van der Waals surface area (Å²) in [6, 6.07) is 0. The third-order valence-corrected chi connectivity index (χ3v) is 4.09. The van der Waals surface area contributed by atoms with E-state index in [1.165, 1.54) is 32.5 Å². The second-order valence-corrected chi connectivity index (χ2v) is 4.75. The number of nitrogens with zero attached hydrogens (tertiary/aromatic N) is 2. The molecule has 0 saturated carbocycles. The van der Waals surface area contributed by atoms with Crippen molar-refractivity contribution >= 4 is 0 Å². The second kappa shape index (κ2) is 3.23. The van der Waals surface area contributed by atoms with Crippen LogP contribution in [0.1, 0.15) is 12.8 Å². The zero-order chi connectivity index (χ0) is 9.47. The highest BCUT2D eigenvalue weighted by atomic mass is 15.3. The van der Waals surface area contributed by atoms with Crippen molar-refractivity contribution in [2.75, 3.05) is 40.3 Å². The summed E-state index contributed by atoms with van der Waals surface area (Å²) in [5, 5.41) is 0. The van der Waals surface area contributed by atoms with Crippen molar-refractivity contribution in [1.29, 1.82) is 0 Å². The van der Waals surface area contributed by atoms with Crippen molar-refractivity contribution in [2.45, 2.75) is 18.4 Å². The standard InChI is InChI=1S/C10H21N3/c1-12(2)10(7-11)8-13-5-3-9(10)4-6-13/h9H,3-8,11H2,1-2H3. The topological polar surface area (TPSA) is 32.5 Å². The monoisotopic (exact) mass is 183 g/mol. The van der Waals surface area contributed by atoms with Gasteiger partial charge in [-0.2, -0.15) is 0 Å². The van der Waals surface area contributed by atoms with Gasteiger partial charge in [0, 0.05) is 18.6 Å². The van der Waals surface area contributed by atoms with Crippen LogP contribution >= 0.6 is 0 Å². The lowest BCUT2D eigenvalue weighted by atomic mass is 9.72. The summed E-state index contributed by atoms with van der Waals surface area (Å²) in [5.74, 6) is 0.831. The van der Waals surface area contributed by atoms with E-state index in [-0.39, 0.29) is 5.54 Å². The first-order valence-corrected chi connectivity index (χ1v) is 5.29. The predicted molar refractivity (Wildman–Crippen MR) is 54.6 cm³/mol. The fourth-order valence-corrected chi connectivity index (χ4v) is 3.07. The lowest BCUT2D eigenvalue weighted by molar-refractivity contribution is -0.0453. The van der Waals surface area contributed by atoms with Gasteiger partial charge in [-0.15, -0.1) is 0 Å². The highest BCUT2D eigenvalue weighted by Crippen LogP contribution is 2.37. The van der Waals surface area contributed by atoms with Gasteiger partial charge >= 0.3 is 0 Å². The number of fused-ring (bicyclic) bond motifs is 3. The average Bonchev–Trinajstić information content (AvgIpc) is 2.19. The van der Waals surface area contributed by atoms with Crippen LogP contribution in [0.2, 0.25) is 0 Å². The molecule has 0 spiro atoms. The average molecular weight is 183 g/mol. The van der Waals surface area contributed by atoms with Crippen molar-refractivity contribution in [3.8, 4) is 0 Å². The lowest BCUT2D eigenvalue weighted by Crippen LogP contribution is -2.68. The van der Waals surface area contributed by atoms with E-state index in [0.29, 0.717) is 0 Å². The summed E-state index contributed by atoms with van der Waals surface area (Å²) in [7, 11) is 4.35. The Balaban J connectivity index is 2.20. The fraction of sp³-hybridized carbons (Fsp3) is 1.00. The van der Waals surface area contributed by atoms with Gasteiger partial charge in [-0.25, -0.2) is 0 Å². The predicted octanol–water partition coefficient (Wildman–Crippen LogP) is -0.0289. The molecule has 0 radical (unpaired) electrons. The number of likely N-dealkylation sites (N-methyl/N-ethyl adjacent to an activating group) is 1. The Morgan fingerprint density at radius 2 is 2.00 bits per heavy atom. The molecule has 0 aliphatic carbocycles. The van der Waals surface area contributed by atoms with Crippen LogP contribution in [-0.4, -0.2) is 55.6 Å². The van der Waals surface area contributed by atoms with Gasteiger partial charge in [-0.05, 0) is 45.9 Å². The first kappa shape index (κ1) is 9.44. The third kappa shape index (κ3) is 1.30. The Kier molecular flexibility index (Phi) is 2.34. The van der Waals surface area contributed by atoms with Crippen molar-refractivity contribution in [1.82, 2.24) is 9.80 Å². The van der Waals surface area contributed by atoms with Crippen molar-refractivity contribution < 1.29 is 0 Å². The van der Waals surface area contributed by atoms with E-state index in [0.717, 1.165) is 12.5 Å². The number of piperidine rings is 3. The molecular formula is C10H21N3. The molecule has 13 heavy (non-hydrogen) atoms. The Hall–Kier alpha value is -0.120. The number of hydrogen-bond acceptors (Lipinski definition) is 3. The van der Waals surface area contributed by atoms with E-state index < -0.39 is 0 Å². The fourth-order valence-electron chi connectivity index (χ4n) is 3.07. The van der Waals surface area contributed by atoms with Gasteiger partial charge in [-0.3, -0.25) is 0 Å². The molecule has 2 bridgehead atoms. The molecule has 0 aromatic heterocycles. The number of hydrogen-bond donors (Lipinski definition) is 1. The van der Waals surface area contributed by atoms with Gasteiger partial charge in [0.2, 0.25) is 0 Å². The molecule has 0 amide bonds. The van der Waals surface area contributed by atoms with Crippen LogP contribution in [0.25, 0.3) is 0 Å². The molecule has 3 nitrogen and oxygen atoms in total. The van der Waals surface area contributed by atoms with Crippen LogP contribution in [-0.2, 0) is 0 Å². The minimum absolute atomic E-state index is 0.274. The maximum absolute atomic E-state index is 5.96. The minimum Gasteiger partial charge on any atom is -0.329 e. The molecular weight excluding hydrogens is 162 g/mol. The second-order valence-electron chi connectivity index (χ2n) is 4.75. The zero-order valence-electron chi connectivity index (χ0n) is 8.79. The Labute approximate surface area is 80.9 Å². The summed E-state index contributed by atoms with van der Waals surface area (Å²) >= 11 is 0. The van der Waals surface area contributed by atoms with Gasteiger partial charge in [0.25, 0.3) is 0 Å². The molecule has 0 aromatic carbocycles. The summed E-state index contributed by atoms with van der Waals surface area (Å²) < 4.78 is 0. The molecule has 3 fully saturated rings. The molecule has 3 aliphatic rings. The van der Waals surface area contributed by atoms with E-state index in [1.54, 1.807) is 0 Å². The summed E-state index contributed by atoms with van der Waals surface area (Å²) in [6.07, 6.45) is 2.69. The molecule has 76 valence electrons. The number of nitrogens with two attached hydrogens (primary N) is 1. The van der Waals surface area contributed by atoms with Gasteiger partial charge in [0.1, 0.15) is 0 Å². The van der Waals surface area contributed by atoms with Gasteiger partial charge in [-0.1, -0.05) is 0 Å². The highest BCUT2D eigenvalue weighted by molar-refractivity contribution is 5.04. The van der Waals surface area contributed by atoms with Crippen LogP contribution in [0, 0.1) is 5.92 Å². The van der Waals surface area contributed by atoms with E-state index in [4.69, 9.17) is 5.73 Å². The normalized spacial score (nSPS) is 44.3. The van der Waals surface area contributed by atoms with E-state index in [2.05, 4.69) is 23.9 Å². The van der Waals surface area contributed by atoms with Crippen LogP contribution in [0.3, 0.4) is 0 Å². The van der Waals surface area contributed by atoms with E-state index in [1.807, 2.05) is 0 Å². The Morgan fingerprint density at radius 1 is 1.38 bits per heavy atom. The van der Waals surface area contributed by atoms with Crippen LogP contribution in [0.15, 0.2) is 0 Å². The first-order chi connectivity index (χ1) is 6.19. The van der Waals surface area contributed by atoms with Gasteiger partial charge < -0.3 is 15.5 Å². The lowest BCUT2D eigenvalue weighted by Gasteiger charge is -2.56. The zero-order valence-corrected chi connectivity index (χ0v) is 8.79. The molecule has 3 rings (SSSR count). The molecule has 1 unspecified atom stereocenters. The maximum Gasteiger partial charge on any atom is 0.0482 e. The summed E-state index contributed by atoms with van der Waals surface area (Å²) in [4.78, 5) is 4.91.